The normalized spacial score (nSPS) is 18.1. The number of piperidine rings is 1. The minimum Gasteiger partial charge on any atom is -0.353 e. The summed E-state index contributed by atoms with van der Waals surface area (Å²) < 4.78 is 26.7. The van der Waals surface area contributed by atoms with E-state index >= 15 is 0 Å². The SMILES string of the molecule is CC[C@@H](C)NC(=O)C1CCN(S(=O)(=O)Cc2ccc(Cl)c(Cl)c2)CC1. The van der Waals surface area contributed by atoms with Gasteiger partial charge in [0.2, 0.25) is 15.9 Å². The number of hydrogen-bond donors (Lipinski definition) is 1. The Kier molecular flexibility index (Phi) is 7.14. The number of amides is 1. The fourth-order valence-corrected chi connectivity index (χ4v) is 4.66. The Morgan fingerprint density at radius 1 is 1.28 bits per heavy atom. The Hall–Kier alpha value is -0.820. The Balaban J connectivity index is 1.94. The Morgan fingerprint density at radius 3 is 2.48 bits per heavy atom. The summed E-state index contributed by atoms with van der Waals surface area (Å²) in [6.45, 7) is 4.71. The molecule has 2 rings (SSSR count). The van der Waals surface area contributed by atoms with Crippen LogP contribution in [0.4, 0.5) is 0 Å². The zero-order chi connectivity index (χ0) is 18.6. The number of benzene rings is 1. The third kappa shape index (κ3) is 5.58. The molecule has 0 spiro atoms. The van der Waals surface area contributed by atoms with Crippen molar-refractivity contribution in [2.75, 3.05) is 13.1 Å². The molecule has 0 saturated carbocycles. The van der Waals surface area contributed by atoms with Gasteiger partial charge in [0, 0.05) is 25.0 Å². The molecule has 1 atom stereocenters. The van der Waals surface area contributed by atoms with Crippen molar-refractivity contribution in [1.82, 2.24) is 9.62 Å². The van der Waals surface area contributed by atoms with Crippen LogP contribution in [0.15, 0.2) is 18.2 Å². The number of carbonyl (C=O) groups is 1. The molecular formula is C17H24Cl2N2O3S. The summed E-state index contributed by atoms with van der Waals surface area (Å²) in [6, 6.07) is 4.98. The summed E-state index contributed by atoms with van der Waals surface area (Å²) >= 11 is 11.8. The predicted molar refractivity (Wildman–Crippen MR) is 101 cm³/mol. The van der Waals surface area contributed by atoms with Gasteiger partial charge in [-0.3, -0.25) is 4.79 Å². The van der Waals surface area contributed by atoms with E-state index < -0.39 is 10.0 Å². The summed E-state index contributed by atoms with van der Waals surface area (Å²) in [4.78, 5) is 12.2. The molecule has 1 aliphatic rings. The molecule has 140 valence electrons. The molecule has 0 aromatic heterocycles. The van der Waals surface area contributed by atoms with Crippen LogP contribution < -0.4 is 5.32 Å². The van der Waals surface area contributed by atoms with Crippen LogP contribution in [0.2, 0.25) is 10.0 Å². The minimum atomic E-state index is -3.44. The summed E-state index contributed by atoms with van der Waals surface area (Å²) in [5.74, 6) is -0.213. The van der Waals surface area contributed by atoms with Gasteiger partial charge in [-0.15, -0.1) is 0 Å². The van der Waals surface area contributed by atoms with Crippen LogP contribution in [-0.2, 0) is 20.6 Å². The van der Waals surface area contributed by atoms with Crippen LogP contribution in [0.3, 0.4) is 0 Å². The highest BCUT2D eigenvalue weighted by molar-refractivity contribution is 7.88. The Morgan fingerprint density at radius 2 is 1.92 bits per heavy atom. The second-order valence-corrected chi connectivity index (χ2v) is 9.28. The van der Waals surface area contributed by atoms with E-state index in [4.69, 9.17) is 23.2 Å². The lowest BCUT2D eigenvalue weighted by molar-refractivity contribution is -0.126. The molecule has 1 N–H and O–H groups in total. The van der Waals surface area contributed by atoms with Gasteiger partial charge in [-0.25, -0.2) is 12.7 Å². The molecule has 1 aliphatic heterocycles. The van der Waals surface area contributed by atoms with Crippen molar-refractivity contribution in [2.45, 2.75) is 44.9 Å². The lowest BCUT2D eigenvalue weighted by Crippen LogP contribution is -2.44. The molecule has 25 heavy (non-hydrogen) atoms. The predicted octanol–water partition coefficient (Wildman–Crippen LogP) is 3.45. The zero-order valence-corrected chi connectivity index (χ0v) is 16.8. The first-order chi connectivity index (χ1) is 11.7. The average molecular weight is 407 g/mol. The number of hydrogen-bond acceptors (Lipinski definition) is 3. The summed E-state index contributed by atoms with van der Waals surface area (Å²) in [5, 5.41) is 3.71. The van der Waals surface area contributed by atoms with Crippen molar-refractivity contribution in [3.05, 3.63) is 33.8 Å². The van der Waals surface area contributed by atoms with Crippen LogP contribution in [-0.4, -0.2) is 37.8 Å². The van der Waals surface area contributed by atoms with Crippen LogP contribution >= 0.6 is 23.2 Å². The van der Waals surface area contributed by atoms with Gasteiger partial charge >= 0.3 is 0 Å². The number of sulfonamides is 1. The van der Waals surface area contributed by atoms with Gasteiger partial charge in [-0.2, -0.15) is 0 Å². The molecule has 1 aromatic rings. The van der Waals surface area contributed by atoms with Gasteiger partial charge in [0.25, 0.3) is 0 Å². The van der Waals surface area contributed by atoms with E-state index in [1.165, 1.54) is 4.31 Å². The first kappa shape index (κ1) is 20.5. The largest absolute Gasteiger partial charge is 0.353 e. The quantitative estimate of drug-likeness (QED) is 0.786. The maximum atomic E-state index is 12.6. The zero-order valence-electron chi connectivity index (χ0n) is 14.5. The number of halogens is 2. The minimum absolute atomic E-state index is 0.0240. The smallest absolute Gasteiger partial charge is 0.223 e. The van der Waals surface area contributed by atoms with E-state index in [2.05, 4.69) is 5.32 Å². The van der Waals surface area contributed by atoms with Crippen molar-refractivity contribution in [1.29, 1.82) is 0 Å². The van der Waals surface area contributed by atoms with Gasteiger partial charge in [0.1, 0.15) is 0 Å². The van der Waals surface area contributed by atoms with E-state index in [1.807, 2.05) is 13.8 Å². The van der Waals surface area contributed by atoms with E-state index in [1.54, 1.807) is 18.2 Å². The van der Waals surface area contributed by atoms with Crippen molar-refractivity contribution in [3.63, 3.8) is 0 Å². The molecule has 1 fully saturated rings. The number of rotatable bonds is 6. The summed E-state index contributed by atoms with van der Waals surface area (Å²) in [5.41, 5.74) is 0.603. The van der Waals surface area contributed by atoms with Crippen molar-refractivity contribution < 1.29 is 13.2 Å². The van der Waals surface area contributed by atoms with Crippen LogP contribution in [0.25, 0.3) is 0 Å². The Labute approximate surface area is 159 Å². The highest BCUT2D eigenvalue weighted by Gasteiger charge is 2.31. The second kappa shape index (κ2) is 8.71. The molecule has 1 heterocycles. The third-order valence-corrected chi connectivity index (χ3v) is 7.14. The molecule has 1 saturated heterocycles. The maximum absolute atomic E-state index is 12.6. The Bertz CT molecular complexity index is 717. The summed E-state index contributed by atoms with van der Waals surface area (Å²) in [7, 11) is -3.44. The monoisotopic (exact) mass is 406 g/mol. The van der Waals surface area contributed by atoms with Crippen molar-refractivity contribution >= 4 is 39.1 Å². The maximum Gasteiger partial charge on any atom is 0.223 e. The highest BCUT2D eigenvalue weighted by Crippen LogP contribution is 2.26. The third-order valence-electron chi connectivity index (χ3n) is 4.55. The van der Waals surface area contributed by atoms with Crippen molar-refractivity contribution in [2.24, 2.45) is 5.92 Å². The second-order valence-electron chi connectivity index (χ2n) is 6.50. The fourth-order valence-electron chi connectivity index (χ4n) is 2.79. The summed E-state index contributed by atoms with van der Waals surface area (Å²) in [6.07, 6.45) is 1.97. The molecular weight excluding hydrogens is 383 g/mol. The molecule has 1 aromatic carbocycles. The number of nitrogens with one attached hydrogen (secondary N) is 1. The first-order valence-electron chi connectivity index (χ1n) is 8.45. The standard InChI is InChI=1S/C17H24Cl2N2O3S/c1-3-12(2)20-17(22)14-6-8-21(9-7-14)25(23,24)11-13-4-5-15(18)16(19)10-13/h4-5,10,12,14H,3,6-9,11H2,1-2H3,(H,20,22)/t12-/m1/s1. The highest BCUT2D eigenvalue weighted by atomic mass is 35.5. The van der Waals surface area contributed by atoms with Gasteiger partial charge in [-0.05, 0) is 43.9 Å². The molecule has 5 nitrogen and oxygen atoms in total. The van der Waals surface area contributed by atoms with Gasteiger partial charge in [0.15, 0.2) is 0 Å². The molecule has 0 bridgehead atoms. The topological polar surface area (TPSA) is 66.5 Å². The molecule has 0 aliphatic carbocycles. The van der Waals surface area contributed by atoms with Gasteiger partial charge in [-0.1, -0.05) is 36.2 Å². The number of nitrogens with zero attached hydrogens (tertiary/aromatic N) is 1. The fraction of sp³-hybridized carbons (Fsp3) is 0.588. The van der Waals surface area contributed by atoms with Crippen LogP contribution in [0.5, 0.6) is 0 Å². The van der Waals surface area contributed by atoms with Crippen molar-refractivity contribution in [3.8, 4) is 0 Å². The molecule has 1 amide bonds. The number of carbonyl (C=O) groups excluding carboxylic acids is 1. The van der Waals surface area contributed by atoms with E-state index in [-0.39, 0.29) is 23.6 Å². The van der Waals surface area contributed by atoms with E-state index in [0.717, 1.165) is 6.42 Å². The van der Waals surface area contributed by atoms with Crippen LogP contribution in [0, 0.1) is 5.92 Å². The lowest BCUT2D eigenvalue weighted by atomic mass is 9.97. The molecule has 8 heteroatoms. The van der Waals surface area contributed by atoms with E-state index in [0.29, 0.717) is 41.5 Å². The first-order valence-corrected chi connectivity index (χ1v) is 10.8. The van der Waals surface area contributed by atoms with Gasteiger partial charge in [0.05, 0.1) is 15.8 Å². The molecule has 0 radical (unpaired) electrons. The van der Waals surface area contributed by atoms with E-state index in [9.17, 15) is 13.2 Å². The average Bonchev–Trinajstić information content (AvgIpc) is 2.58. The molecule has 0 unspecified atom stereocenters. The lowest BCUT2D eigenvalue weighted by Gasteiger charge is -2.31. The van der Waals surface area contributed by atoms with Crippen LogP contribution in [0.1, 0.15) is 38.7 Å². The van der Waals surface area contributed by atoms with Gasteiger partial charge < -0.3 is 5.32 Å².